The summed E-state index contributed by atoms with van der Waals surface area (Å²) in [5, 5.41) is 21.3. The van der Waals surface area contributed by atoms with Crippen LogP contribution in [0.4, 0.5) is 0 Å². The molecule has 1 unspecified atom stereocenters. The molecule has 2 rings (SSSR count). The molecule has 216 valence electrons. The molecule has 0 saturated carbocycles. The van der Waals surface area contributed by atoms with E-state index in [1.807, 2.05) is 26.0 Å². The Bertz CT molecular complexity index is 1010. The van der Waals surface area contributed by atoms with Crippen molar-refractivity contribution in [3.05, 3.63) is 71.3 Å². The summed E-state index contributed by atoms with van der Waals surface area (Å²) in [4.78, 5) is 24.3. The number of carbonyl (C=O) groups is 2. The first-order valence-corrected chi connectivity index (χ1v) is 13.8. The van der Waals surface area contributed by atoms with E-state index < -0.39 is 35.9 Å². The molecule has 7 nitrogen and oxygen atoms in total. The van der Waals surface area contributed by atoms with E-state index in [0.29, 0.717) is 12.5 Å². The van der Waals surface area contributed by atoms with E-state index in [-0.39, 0.29) is 25.2 Å². The van der Waals surface area contributed by atoms with Gasteiger partial charge < -0.3 is 24.4 Å². The second-order valence-electron chi connectivity index (χ2n) is 11.0. The van der Waals surface area contributed by atoms with Gasteiger partial charge >= 0.3 is 11.9 Å². The highest BCUT2D eigenvalue weighted by atomic mass is 16.6. The number of aliphatic hydroxyl groups is 2. The Kier molecular flexibility index (Phi) is 13.1. The van der Waals surface area contributed by atoms with E-state index >= 15 is 0 Å². The molecule has 0 bridgehead atoms. The summed E-state index contributed by atoms with van der Waals surface area (Å²) in [6, 6.07) is 8.48. The first kappa shape index (κ1) is 32.5. The minimum absolute atomic E-state index is 0.155. The van der Waals surface area contributed by atoms with Crippen molar-refractivity contribution in [2.45, 2.75) is 97.2 Å². The molecular formula is C32H46O7. The lowest BCUT2D eigenvalue weighted by molar-refractivity contribution is -0.157. The van der Waals surface area contributed by atoms with Gasteiger partial charge in [0.15, 0.2) is 0 Å². The average molecular weight is 543 g/mol. The van der Waals surface area contributed by atoms with Gasteiger partial charge in [-0.05, 0) is 68.2 Å². The second-order valence-corrected chi connectivity index (χ2v) is 11.0. The minimum atomic E-state index is -1.39. The number of allylic oxidation sites excluding steroid dienone is 3. The number of aliphatic hydroxyl groups excluding tert-OH is 1. The molecule has 0 aliphatic carbocycles. The molecule has 0 fully saturated rings. The van der Waals surface area contributed by atoms with Crippen LogP contribution in [0.2, 0.25) is 0 Å². The van der Waals surface area contributed by atoms with Gasteiger partial charge in [-0.1, -0.05) is 62.4 Å². The molecule has 2 N–H and O–H groups in total. The van der Waals surface area contributed by atoms with Crippen molar-refractivity contribution >= 4 is 11.9 Å². The third kappa shape index (κ3) is 11.5. The molecule has 0 spiro atoms. The standard InChI is InChI=1S/C32H46O7/c1-22(10-12-26-13-15-27(16-14-26)21-37-6)8-7-9-23(2)31-24(3)11-17-29(38-25(4)33)32(5,36)19-18-28(34)20-30(35)39-31/h7-9,11,13-17,22,24,28-29,31,34,36H,10,12,18-21H2,1-6H3/b8-7+,17-11+,23-9+/t22?,24-,28-,29+,31+,32-/m0/s1. The average Bonchev–Trinajstić information content (AvgIpc) is 2.87. The lowest BCUT2D eigenvalue weighted by atomic mass is 9.88. The summed E-state index contributed by atoms with van der Waals surface area (Å²) in [7, 11) is 1.69. The molecule has 1 aromatic carbocycles. The van der Waals surface area contributed by atoms with Crippen LogP contribution in [0.25, 0.3) is 0 Å². The van der Waals surface area contributed by atoms with Crippen molar-refractivity contribution in [2.75, 3.05) is 7.11 Å². The van der Waals surface area contributed by atoms with E-state index in [0.717, 1.165) is 24.0 Å². The lowest BCUT2D eigenvalue weighted by Gasteiger charge is -2.32. The number of carbonyl (C=O) groups excluding carboxylic acids is 2. The Hall–Kier alpha value is -2.74. The van der Waals surface area contributed by atoms with Crippen molar-refractivity contribution in [3.8, 4) is 0 Å². The van der Waals surface area contributed by atoms with Crippen molar-refractivity contribution < 1.29 is 34.0 Å². The first-order chi connectivity index (χ1) is 18.4. The fraction of sp³-hybridized carbons (Fsp3) is 0.562. The zero-order chi connectivity index (χ0) is 29.0. The van der Waals surface area contributed by atoms with Gasteiger partial charge in [0.05, 0.1) is 19.1 Å². The van der Waals surface area contributed by atoms with Crippen molar-refractivity contribution in [2.24, 2.45) is 11.8 Å². The van der Waals surface area contributed by atoms with Gasteiger partial charge in [0.1, 0.15) is 17.8 Å². The molecule has 1 aromatic rings. The Morgan fingerprint density at radius 2 is 1.87 bits per heavy atom. The Morgan fingerprint density at radius 1 is 1.21 bits per heavy atom. The summed E-state index contributed by atoms with van der Waals surface area (Å²) < 4.78 is 16.3. The second kappa shape index (κ2) is 15.8. The summed E-state index contributed by atoms with van der Waals surface area (Å²) in [5.74, 6) is -0.911. The van der Waals surface area contributed by atoms with Crippen LogP contribution >= 0.6 is 0 Å². The third-order valence-corrected chi connectivity index (χ3v) is 7.09. The van der Waals surface area contributed by atoms with Crippen molar-refractivity contribution in [3.63, 3.8) is 0 Å². The minimum Gasteiger partial charge on any atom is -0.457 e. The number of hydrogen-bond acceptors (Lipinski definition) is 7. The van der Waals surface area contributed by atoms with E-state index in [1.54, 1.807) is 26.2 Å². The van der Waals surface area contributed by atoms with Gasteiger partial charge in [-0.3, -0.25) is 9.59 Å². The van der Waals surface area contributed by atoms with E-state index in [9.17, 15) is 19.8 Å². The number of aryl methyl sites for hydroxylation is 1. The Balaban J connectivity index is 2.12. The molecule has 1 heterocycles. The van der Waals surface area contributed by atoms with Gasteiger partial charge in [0, 0.05) is 20.0 Å². The summed E-state index contributed by atoms with van der Waals surface area (Å²) in [6.07, 6.45) is 9.21. The molecule has 6 atom stereocenters. The molecular weight excluding hydrogens is 496 g/mol. The highest BCUT2D eigenvalue weighted by Crippen LogP contribution is 2.27. The molecule has 0 aromatic heterocycles. The topological polar surface area (TPSA) is 102 Å². The predicted octanol–water partition coefficient (Wildman–Crippen LogP) is 5.24. The largest absolute Gasteiger partial charge is 0.457 e. The maximum atomic E-state index is 12.6. The van der Waals surface area contributed by atoms with Gasteiger partial charge in [0.2, 0.25) is 0 Å². The fourth-order valence-corrected chi connectivity index (χ4v) is 4.58. The zero-order valence-electron chi connectivity index (χ0n) is 24.3. The van der Waals surface area contributed by atoms with Gasteiger partial charge in [-0.2, -0.15) is 0 Å². The Labute approximate surface area is 233 Å². The molecule has 0 radical (unpaired) electrons. The first-order valence-electron chi connectivity index (χ1n) is 13.8. The number of rotatable bonds is 9. The zero-order valence-corrected chi connectivity index (χ0v) is 24.3. The van der Waals surface area contributed by atoms with E-state index in [4.69, 9.17) is 14.2 Å². The van der Waals surface area contributed by atoms with Crippen molar-refractivity contribution in [1.82, 2.24) is 0 Å². The number of ether oxygens (including phenoxy) is 3. The summed E-state index contributed by atoms with van der Waals surface area (Å²) in [5.41, 5.74) is 1.90. The molecule has 0 saturated heterocycles. The smallest absolute Gasteiger partial charge is 0.309 e. The number of cyclic esters (lactones) is 1. The maximum Gasteiger partial charge on any atom is 0.309 e. The van der Waals surface area contributed by atoms with Crippen LogP contribution in [-0.4, -0.2) is 53.2 Å². The van der Waals surface area contributed by atoms with Gasteiger partial charge in [-0.25, -0.2) is 0 Å². The molecule has 1 aliphatic rings. The van der Waals surface area contributed by atoms with Gasteiger partial charge in [-0.15, -0.1) is 0 Å². The normalized spacial score (nSPS) is 28.7. The molecule has 39 heavy (non-hydrogen) atoms. The van der Waals surface area contributed by atoms with Crippen LogP contribution in [0, 0.1) is 11.8 Å². The summed E-state index contributed by atoms with van der Waals surface area (Å²) in [6.45, 7) is 9.45. The van der Waals surface area contributed by atoms with E-state index in [2.05, 4.69) is 37.3 Å². The number of hydrogen-bond donors (Lipinski definition) is 2. The maximum absolute atomic E-state index is 12.6. The monoisotopic (exact) mass is 542 g/mol. The molecule has 0 amide bonds. The Morgan fingerprint density at radius 3 is 2.51 bits per heavy atom. The van der Waals surface area contributed by atoms with Crippen LogP contribution < -0.4 is 0 Å². The number of benzene rings is 1. The predicted molar refractivity (Wildman–Crippen MR) is 152 cm³/mol. The number of esters is 2. The fourth-order valence-electron chi connectivity index (χ4n) is 4.58. The SMILES string of the molecule is COCc1ccc(CCC(C)/C=C/C=C(\C)[C@H]2OC(=O)C[C@@H](O)CC[C@](C)(O)[C@H](OC(C)=O)/C=C/[C@@H]2C)cc1. The molecule has 1 aliphatic heterocycles. The highest BCUT2D eigenvalue weighted by molar-refractivity contribution is 5.70. The highest BCUT2D eigenvalue weighted by Gasteiger charge is 2.35. The summed E-state index contributed by atoms with van der Waals surface area (Å²) >= 11 is 0. The van der Waals surface area contributed by atoms with Crippen molar-refractivity contribution in [1.29, 1.82) is 0 Å². The van der Waals surface area contributed by atoms with Gasteiger partial charge in [0.25, 0.3) is 0 Å². The van der Waals surface area contributed by atoms with Crippen LogP contribution in [0.1, 0.15) is 71.4 Å². The van der Waals surface area contributed by atoms with Crippen LogP contribution in [-0.2, 0) is 36.8 Å². The van der Waals surface area contributed by atoms with E-state index in [1.165, 1.54) is 12.5 Å². The number of methoxy groups -OCH3 is 1. The third-order valence-electron chi connectivity index (χ3n) is 7.09. The quantitative estimate of drug-likeness (QED) is 0.250. The molecule has 7 heteroatoms. The lowest BCUT2D eigenvalue weighted by Crippen LogP contribution is -2.42. The van der Waals surface area contributed by atoms with Crippen LogP contribution in [0.5, 0.6) is 0 Å². The van der Waals surface area contributed by atoms with Crippen LogP contribution in [0.3, 0.4) is 0 Å². The van der Waals surface area contributed by atoms with Crippen LogP contribution in [0.15, 0.2) is 60.2 Å².